The number of Topliss-reactive ketones (excluding diaryl/α,β-unsaturated/α-hetero) is 1. The lowest BCUT2D eigenvalue weighted by Crippen LogP contribution is -2.20. The second-order valence-corrected chi connectivity index (χ2v) is 5.11. The van der Waals surface area contributed by atoms with Crippen LogP contribution in [0.25, 0.3) is 0 Å². The lowest BCUT2D eigenvalue weighted by Gasteiger charge is -2.09. The Morgan fingerprint density at radius 2 is 2.12 bits per heavy atom. The Bertz CT molecular complexity index is 470. The molecule has 0 bridgehead atoms. The van der Waals surface area contributed by atoms with Crippen molar-refractivity contribution in [3.05, 3.63) is 46.0 Å². The molecule has 1 aromatic carbocycles. The van der Waals surface area contributed by atoms with Crippen molar-refractivity contribution < 1.29 is 4.79 Å². The van der Waals surface area contributed by atoms with Crippen LogP contribution in [-0.2, 0) is 11.2 Å². The number of halogens is 2. The molecule has 2 N–H and O–H groups in total. The maximum absolute atomic E-state index is 12.0. The first-order valence-electron chi connectivity index (χ1n) is 5.47. The van der Waals surface area contributed by atoms with Gasteiger partial charge in [0, 0.05) is 28.4 Å². The molecule has 1 aliphatic rings. The number of hydrogen-bond donors (Lipinski definition) is 1. The van der Waals surface area contributed by atoms with Gasteiger partial charge in [0.25, 0.3) is 0 Å². The molecule has 90 valence electrons. The molecule has 0 heterocycles. The van der Waals surface area contributed by atoms with Gasteiger partial charge in [0.1, 0.15) is 5.78 Å². The Morgan fingerprint density at radius 1 is 1.35 bits per heavy atom. The predicted molar refractivity (Wildman–Crippen MR) is 70.4 cm³/mol. The van der Waals surface area contributed by atoms with Gasteiger partial charge < -0.3 is 5.73 Å². The second-order valence-electron chi connectivity index (χ2n) is 4.27. The lowest BCUT2D eigenvalue weighted by molar-refractivity contribution is -0.120. The summed E-state index contributed by atoms with van der Waals surface area (Å²) in [5.41, 5.74) is 6.54. The molecular formula is C13H13Cl2NO. The van der Waals surface area contributed by atoms with Crippen LogP contribution in [0.1, 0.15) is 12.0 Å². The van der Waals surface area contributed by atoms with Crippen LogP contribution in [-0.4, -0.2) is 11.8 Å². The van der Waals surface area contributed by atoms with Crippen molar-refractivity contribution in [1.82, 2.24) is 0 Å². The Balaban J connectivity index is 2.06. The van der Waals surface area contributed by atoms with Gasteiger partial charge in [-0.2, -0.15) is 0 Å². The van der Waals surface area contributed by atoms with E-state index in [2.05, 4.69) is 0 Å². The molecule has 0 aliphatic heterocycles. The van der Waals surface area contributed by atoms with Crippen LogP contribution in [0.5, 0.6) is 0 Å². The fourth-order valence-electron chi connectivity index (χ4n) is 1.95. The van der Waals surface area contributed by atoms with E-state index < -0.39 is 0 Å². The Kier molecular flexibility index (Phi) is 3.87. The van der Waals surface area contributed by atoms with Crippen LogP contribution in [0.3, 0.4) is 0 Å². The summed E-state index contributed by atoms with van der Waals surface area (Å²) in [5.74, 6) is 0.0789. The van der Waals surface area contributed by atoms with Gasteiger partial charge in [-0.15, -0.1) is 0 Å². The molecule has 0 fully saturated rings. The molecule has 2 unspecified atom stereocenters. The predicted octanol–water partition coefficient (Wildman–Crippen LogP) is 3.01. The van der Waals surface area contributed by atoms with Crippen molar-refractivity contribution in [2.75, 3.05) is 0 Å². The van der Waals surface area contributed by atoms with Crippen LogP contribution < -0.4 is 5.73 Å². The summed E-state index contributed by atoms with van der Waals surface area (Å²) >= 11 is 11.8. The molecule has 1 aliphatic carbocycles. The van der Waals surface area contributed by atoms with Crippen LogP contribution in [0.15, 0.2) is 30.4 Å². The fraction of sp³-hybridized carbons (Fsp3) is 0.308. The number of carbonyl (C=O) groups excluding carboxylic acids is 1. The van der Waals surface area contributed by atoms with Crippen molar-refractivity contribution in [2.24, 2.45) is 11.7 Å². The van der Waals surface area contributed by atoms with E-state index in [4.69, 9.17) is 28.9 Å². The third kappa shape index (κ3) is 3.09. The SMILES string of the molecule is NC1C=CC(C(=O)Cc2ccc(Cl)cc2Cl)C1. The summed E-state index contributed by atoms with van der Waals surface area (Å²) in [6.07, 6.45) is 4.80. The van der Waals surface area contributed by atoms with Gasteiger partial charge in [-0.25, -0.2) is 0 Å². The number of benzene rings is 1. The van der Waals surface area contributed by atoms with Gasteiger partial charge in [0.05, 0.1) is 0 Å². The smallest absolute Gasteiger partial charge is 0.144 e. The summed E-state index contributed by atoms with van der Waals surface area (Å²) in [6.45, 7) is 0. The zero-order valence-corrected chi connectivity index (χ0v) is 10.7. The number of ketones is 1. The van der Waals surface area contributed by atoms with Crippen LogP contribution in [0.4, 0.5) is 0 Å². The third-order valence-electron chi connectivity index (χ3n) is 2.91. The zero-order chi connectivity index (χ0) is 12.4. The van der Waals surface area contributed by atoms with Crippen molar-refractivity contribution in [3.8, 4) is 0 Å². The summed E-state index contributed by atoms with van der Waals surface area (Å²) in [4.78, 5) is 12.0. The van der Waals surface area contributed by atoms with Crippen LogP contribution in [0.2, 0.25) is 10.0 Å². The summed E-state index contributed by atoms with van der Waals surface area (Å²) in [6, 6.07) is 5.19. The molecule has 0 saturated heterocycles. The zero-order valence-electron chi connectivity index (χ0n) is 9.20. The molecule has 0 radical (unpaired) electrons. The van der Waals surface area contributed by atoms with E-state index in [9.17, 15) is 4.79 Å². The largest absolute Gasteiger partial charge is 0.324 e. The number of rotatable bonds is 3. The molecule has 0 amide bonds. The standard InChI is InChI=1S/C13H13Cl2NO/c14-10-3-1-8(12(15)7-10)6-13(17)9-2-4-11(16)5-9/h1-4,7,9,11H,5-6,16H2. The van der Waals surface area contributed by atoms with E-state index >= 15 is 0 Å². The minimum Gasteiger partial charge on any atom is -0.324 e. The van der Waals surface area contributed by atoms with E-state index in [-0.39, 0.29) is 17.7 Å². The van der Waals surface area contributed by atoms with E-state index in [0.29, 0.717) is 22.9 Å². The highest BCUT2D eigenvalue weighted by molar-refractivity contribution is 6.35. The van der Waals surface area contributed by atoms with Gasteiger partial charge in [0.15, 0.2) is 0 Å². The molecule has 2 rings (SSSR count). The first-order chi connectivity index (χ1) is 8.06. The number of nitrogens with two attached hydrogens (primary N) is 1. The number of carbonyl (C=O) groups is 1. The van der Waals surface area contributed by atoms with E-state index in [1.54, 1.807) is 18.2 Å². The van der Waals surface area contributed by atoms with Crippen LogP contribution in [0, 0.1) is 5.92 Å². The summed E-state index contributed by atoms with van der Waals surface area (Å²) < 4.78 is 0. The maximum Gasteiger partial charge on any atom is 0.144 e. The fourth-order valence-corrected chi connectivity index (χ4v) is 2.43. The molecule has 0 saturated carbocycles. The highest BCUT2D eigenvalue weighted by atomic mass is 35.5. The highest BCUT2D eigenvalue weighted by Gasteiger charge is 2.23. The van der Waals surface area contributed by atoms with E-state index in [1.807, 2.05) is 12.2 Å². The van der Waals surface area contributed by atoms with E-state index in [1.165, 1.54) is 0 Å². The molecule has 0 aromatic heterocycles. The lowest BCUT2D eigenvalue weighted by atomic mass is 9.97. The van der Waals surface area contributed by atoms with Gasteiger partial charge in [-0.3, -0.25) is 4.79 Å². The minimum absolute atomic E-state index is 0.00430. The first-order valence-corrected chi connectivity index (χ1v) is 6.22. The molecule has 2 atom stereocenters. The molecule has 0 spiro atoms. The Hall–Kier alpha value is -0.830. The average molecular weight is 270 g/mol. The molecule has 2 nitrogen and oxygen atoms in total. The van der Waals surface area contributed by atoms with Gasteiger partial charge >= 0.3 is 0 Å². The normalized spacial score (nSPS) is 23.0. The van der Waals surface area contributed by atoms with Crippen molar-refractivity contribution in [1.29, 1.82) is 0 Å². The van der Waals surface area contributed by atoms with Crippen molar-refractivity contribution >= 4 is 29.0 Å². The van der Waals surface area contributed by atoms with Gasteiger partial charge in [-0.1, -0.05) is 41.4 Å². The quantitative estimate of drug-likeness (QED) is 0.858. The Morgan fingerprint density at radius 3 is 2.71 bits per heavy atom. The van der Waals surface area contributed by atoms with E-state index in [0.717, 1.165) is 5.56 Å². The van der Waals surface area contributed by atoms with Crippen molar-refractivity contribution in [3.63, 3.8) is 0 Å². The monoisotopic (exact) mass is 269 g/mol. The maximum atomic E-state index is 12.0. The second kappa shape index (κ2) is 5.21. The molecule has 1 aromatic rings. The highest BCUT2D eigenvalue weighted by Crippen LogP contribution is 2.24. The third-order valence-corrected chi connectivity index (χ3v) is 3.50. The average Bonchev–Trinajstić information content (AvgIpc) is 2.69. The minimum atomic E-state index is -0.0725. The summed E-state index contributed by atoms with van der Waals surface area (Å²) in [5, 5.41) is 1.12. The summed E-state index contributed by atoms with van der Waals surface area (Å²) in [7, 11) is 0. The molecule has 4 heteroatoms. The van der Waals surface area contributed by atoms with Gasteiger partial charge in [0.2, 0.25) is 0 Å². The van der Waals surface area contributed by atoms with Gasteiger partial charge in [-0.05, 0) is 24.1 Å². The number of hydrogen-bond acceptors (Lipinski definition) is 2. The Labute approximate surface area is 110 Å². The number of allylic oxidation sites excluding steroid dienone is 1. The topological polar surface area (TPSA) is 43.1 Å². The van der Waals surface area contributed by atoms with Crippen molar-refractivity contribution in [2.45, 2.75) is 18.9 Å². The van der Waals surface area contributed by atoms with Crippen LogP contribution >= 0.6 is 23.2 Å². The molecular weight excluding hydrogens is 257 g/mol. The molecule has 17 heavy (non-hydrogen) atoms. The first kappa shape index (κ1) is 12.6.